The van der Waals surface area contributed by atoms with E-state index >= 15 is 0 Å². The Bertz CT molecular complexity index is 1530. The summed E-state index contributed by atoms with van der Waals surface area (Å²) >= 11 is 0. The van der Waals surface area contributed by atoms with E-state index in [1.807, 2.05) is 24.3 Å². The molecule has 1 amide bonds. The Labute approximate surface area is 226 Å². The molecule has 2 heterocycles. The maximum atomic E-state index is 13.2. The molecule has 0 radical (unpaired) electrons. The van der Waals surface area contributed by atoms with E-state index in [2.05, 4.69) is 20.8 Å². The van der Waals surface area contributed by atoms with Crippen molar-refractivity contribution in [3.05, 3.63) is 84.1 Å². The molecule has 39 heavy (non-hydrogen) atoms. The van der Waals surface area contributed by atoms with Crippen LogP contribution in [0.3, 0.4) is 0 Å². The van der Waals surface area contributed by atoms with Gasteiger partial charge in [-0.2, -0.15) is 9.40 Å². The van der Waals surface area contributed by atoms with Crippen molar-refractivity contribution in [2.45, 2.75) is 23.8 Å². The largest absolute Gasteiger partial charge is 0.508 e. The zero-order valence-corrected chi connectivity index (χ0v) is 22.1. The number of nitrogens with one attached hydrogen (secondary N) is 3. The third-order valence-electron chi connectivity index (χ3n) is 7.06. The van der Waals surface area contributed by atoms with Crippen LogP contribution in [0.25, 0.3) is 10.9 Å². The van der Waals surface area contributed by atoms with E-state index in [4.69, 9.17) is 0 Å². The van der Waals surface area contributed by atoms with Crippen LogP contribution in [0.4, 0.5) is 5.69 Å². The Morgan fingerprint density at radius 1 is 1.03 bits per heavy atom. The van der Waals surface area contributed by atoms with Gasteiger partial charge in [0.15, 0.2) is 5.69 Å². The average molecular weight is 550 g/mol. The number of aliphatic hydroxyl groups is 1. The number of aliphatic hydroxyl groups excluding tert-OH is 1. The van der Waals surface area contributed by atoms with E-state index in [-0.39, 0.29) is 22.2 Å². The van der Waals surface area contributed by atoms with Crippen LogP contribution in [0.5, 0.6) is 5.75 Å². The lowest BCUT2D eigenvalue weighted by molar-refractivity contribution is 0.102. The van der Waals surface area contributed by atoms with Gasteiger partial charge in [-0.1, -0.05) is 30.3 Å². The second-order valence-corrected chi connectivity index (χ2v) is 11.6. The monoisotopic (exact) mass is 549 g/mol. The standard InChI is InChI=1S/C28H31N5O5S/c34-22-9-5-20(6-10-22)26(35)18-29-17-19-13-15-33(16-14-19)39(37,38)23-11-7-21(8-12-23)30-28(36)27-24-3-1-2-4-25(24)31-32-27/h1-12,19,26,29,34-35H,13-18H2,(H,30,36)(H,31,32)/t26-/m0/s1. The SMILES string of the molecule is O=C(Nc1ccc(S(=O)(=O)N2CCC(CNC[C@H](O)c3ccc(O)cc3)CC2)cc1)c1n[nH]c2ccccc12. The fourth-order valence-corrected chi connectivity index (χ4v) is 6.25. The van der Waals surface area contributed by atoms with Gasteiger partial charge < -0.3 is 20.8 Å². The lowest BCUT2D eigenvalue weighted by Gasteiger charge is -2.31. The van der Waals surface area contributed by atoms with E-state index in [1.54, 1.807) is 36.4 Å². The maximum absolute atomic E-state index is 13.2. The van der Waals surface area contributed by atoms with Gasteiger partial charge in [0.1, 0.15) is 5.75 Å². The summed E-state index contributed by atoms with van der Waals surface area (Å²) in [6.45, 7) is 1.89. The van der Waals surface area contributed by atoms with Crippen LogP contribution in [0.1, 0.15) is 35.0 Å². The molecular formula is C28H31N5O5S. The molecule has 1 atom stereocenters. The Morgan fingerprint density at radius 2 is 1.72 bits per heavy atom. The molecule has 5 rings (SSSR count). The first-order valence-electron chi connectivity index (χ1n) is 12.8. The van der Waals surface area contributed by atoms with Crippen molar-refractivity contribution in [1.29, 1.82) is 0 Å². The highest BCUT2D eigenvalue weighted by molar-refractivity contribution is 7.89. The number of carbonyl (C=O) groups excluding carboxylic acids is 1. The summed E-state index contributed by atoms with van der Waals surface area (Å²) in [5, 5.41) is 33.4. The normalized spacial score (nSPS) is 15.8. The van der Waals surface area contributed by atoms with E-state index in [0.717, 1.165) is 11.1 Å². The first-order chi connectivity index (χ1) is 18.8. The first-order valence-corrected chi connectivity index (χ1v) is 14.3. The number of nitrogens with zero attached hydrogens (tertiary/aromatic N) is 2. The van der Waals surface area contributed by atoms with Gasteiger partial charge in [0, 0.05) is 30.7 Å². The molecule has 1 fully saturated rings. The van der Waals surface area contributed by atoms with Crippen LogP contribution in [0, 0.1) is 5.92 Å². The second-order valence-electron chi connectivity index (χ2n) is 9.71. The van der Waals surface area contributed by atoms with Gasteiger partial charge in [0.2, 0.25) is 10.0 Å². The van der Waals surface area contributed by atoms with Gasteiger partial charge >= 0.3 is 0 Å². The molecule has 10 nitrogen and oxygen atoms in total. The van der Waals surface area contributed by atoms with Gasteiger partial charge in [-0.05, 0) is 73.3 Å². The minimum Gasteiger partial charge on any atom is -0.508 e. The quantitative estimate of drug-likeness (QED) is 0.215. The highest BCUT2D eigenvalue weighted by Gasteiger charge is 2.29. The van der Waals surface area contributed by atoms with E-state index in [9.17, 15) is 23.4 Å². The van der Waals surface area contributed by atoms with Crippen LogP contribution >= 0.6 is 0 Å². The lowest BCUT2D eigenvalue weighted by atomic mass is 9.98. The molecule has 204 valence electrons. The topological polar surface area (TPSA) is 148 Å². The van der Waals surface area contributed by atoms with Crippen LogP contribution < -0.4 is 10.6 Å². The first kappa shape index (κ1) is 26.8. The number of aromatic amines is 1. The molecule has 0 aliphatic carbocycles. The number of sulfonamides is 1. The number of fused-ring (bicyclic) bond motifs is 1. The van der Waals surface area contributed by atoms with Crippen LogP contribution in [0.15, 0.2) is 77.7 Å². The smallest absolute Gasteiger partial charge is 0.276 e. The highest BCUT2D eigenvalue weighted by atomic mass is 32.2. The van der Waals surface area contributed by atoms with Gasteiger partial charge in [-0.25, -0.2) is 8.42 Å². The Kier molecular flexibility index (Phi) is 7.94. The molecule has 1 aromatic heterocycles. The number of aromatic nitrogens is 2. The predicted octanol–water partition coefficient (Wildman–Crippen LogP) is 3.24. The molecule has 1 saturated heterocycles. The van der Waals surface area contributed by atoms with Crippen molar-refractivity contribution in [2.24, 2.45) is 5.92 Å². The molecule has 3 aromatic carbocycles. The molecule has 4 aromatic rings. The van der Waals surface area contributed by atoms with Crippen molar-refractivity contribution < 1.29 is 23.4 Å². The third kappa shape index (κ3) is 6.12. The van der Waals surface area contributed by atoms with Crippen molar-refractivity contribution in [3.63, 3.8) is 0 Å². The summed E-state index contributed by atoms with van der Waals surface area (Å²) in [5.74, 6) is 0.0795. The number of rotatable bonds is 9. The summed E-state index contributed by atoms with van der Waals surface area (Å²) in [6, 6.07) is 20.0. The minimum absolute atomic E-state index is 0.155. The number of aromatic hydroxyl groups is 1. The summed E-state index contributed by atoms with van der Waals surface area (Å²) in [7, 11) is -3.65. The molecule has 0 unspecified atom stereocenters. The number of phenols is 1. The predicted molar refractivity (Wildman–Crippen MR) is 148 cm³/mol. The zero-order valence-electron chi connectivity index (χ0n) is 21.2. The summed E-state index contributed by atoms with van der Waals surface area (Å²) in [6.07, 6.45) is 0.748. The van der Waals surface area contributed by atoms with Gasteiger partial charge in [0.05, 0.1) is 16.5 Å². The van der Waals surface area contributed by atoms with Crippen LogP contribution in [0.2, 0.25) is 0 Å². The number of amides is 1. The molecule has 1 aliphatic heterocycles. The lowest BCUT2D eigenvalue weighted by Crippen LogP contribution is -2.41. The maximum Gasteiger partial charge on any atom is 0.276 e. The fourth-order valence-electron chi connectivity index (χ4n) is 4.78. The number of benzene rings is 3. The second kappa shape index (κ2) is 11.5. The average Bonchev–Trinajstić information content (AvgIpc) is 3.38. The van der Waals surface area contributed by atoms with Crippen LogP contribution in [-0.2, 0) is 10.0 Å². The number of hydrogen-bond acceptors (Lipinski definition) is 7. The van der Waals surface area contributed by atoms with Crippen molar-refractivity contribution in [1.82, 2.24) is 19.8 Å². The molecule has 11 heteroatoms. The van der Waals surface area contributed by atoms with Crippen molar-refractivity contribution in [2.75, 3.05) is 31.5 Å². The summed E-state index contributed by atoms with van der Waals surface area (Å²) in [4.78, 5) is 12.9. The summed E-state index contributed by atoms with van der Waals surface area (Å²) in [5.41, 5.74) is 2.23. The molecule has 1 aliphatic rings. The van der Waals surface area contributed by atoms with Crippen molar-refractivity contribution >= 4 is 32.5 Å². The number of hydrogen-bond donors (Lipinski definition) is 5. The Morgan fingerprint density at radius 3 is 2.44 bits per heavy atom. The molecule has 0 spiro atoms. The third-order valence-corrected chi connectivity index (χ3v) is 8.97. The number of anilines is 1. The van der Waals surface area contributed by atoms with E-state index in [0.29, 0.717) is 56.0 Å². The molecule has 0 saturated carbocycles. The Hall–Kier alpha value is -3.77. The van der Waals surface area contributed by atoms with E-state index in [1.165, 1.54) is 16.4 Å². The number of carbonyl (C=O) groups is 1. The van der Waals surface area contributed by atoms with Crippen molar-refractivity contribution in [3.8, 4) is 5.75 Å². The van der Waals surface area contributed by atoms with Crippen LogP contribution in [-0.4, -0.2) is 65.2 Å². The molecule has 0 bridgehead atoms. The van der Waals surface area contributed by atoms with Gasteiger partial charge in [0.25, 0.3) is 5.91 Å². The number of H-pyrrole nitrogens is 1. The zero-order chi connectivity index (χ0) is 27.4. The number of phenolic OH excluding ortho intramolecular Hbond substituents is 1. The highest BCUT2D eigenvalue weighted by Crippen LogP contribution is 2.25. The molecular weight excluding hydrogens is 518 g/mol. The summed E-state index contributed by atoms with van der Waals surface area (Å²) < 4.78 is 27.9. The van der Waals surface area contributed by atoms with E-state index < -0.39 is 16.1 Å². The van der Waals surface area contributed by atoms with Gasteiger partial charge in [-0.15, -0.1) is 0 Å². The fraction of sp³-hybridized carbons (Fsp3) is 0.286. The number of piperidine rings is 1. The Balaban J connectivity index is 1.11. The number of para-hydroxylation sites is 1. The minimum atomic E-state index is -3.65. The van der Waals surface area contributed by atoms with Gasteiger partial charge in [-0.3, -0.25) is 9.89 Å². The molecule has 5 N–H and O–H groups in total.